The molecule has 144 valence electrons. The number of benzene rings is 2. The monoisotopic (exact) mass is 389 g/mol. The first-order valence-electron chi connectivity index (χ1n) is 8.64. The summed E-state index contributed by atoms with van der Waals surface area (Å²) >= 11 is 5.26. The number of rotatable bonds is 8. The molecular weight excluding hydrogens is 365 g/mol. The Labute approximate surface area is 164 Å². The van der Waals surface area contributed by atoms with Crippen LogP contribution in [0.5, 0.6) is 11.5 Å². The van der Waals surface area contributed by atoms with Crippen LogP contribution in [0.2, 0.25) is 0 Å². The molecule has 2 N–H and O–H groups in total. The van der Waals surface area contributed by atoms with Crippen molar-refractivity contribution in [3.05, 3.63) is 59.4 Å². The van der Waals surface area contributed by atoms with Gasteiger partial charge in [-0.25, -0.2) is 4.39 Å². The summed E-state index contributed by atoms with van der Waals surface area (Å²) in [6.07, 6.45) is 1.47. The van der Waals surface area contributed by atoms with Gasteiger partial charge in [0.25, 0.3) is 0 Å². The van der Waals surface area contributed by atoms with Crippen LogP contribution in [0.15, 0.2) is 47.6 Å². The van der Waals surface area contributed by atoms with E-state index >= 15 is 0 Å². The third-order valence-electron chi connectivity index (χ3n) is 3.95. The maximum Gasteiger partial charge on any atom is 0.186 e. The number of ether oxygens (including phenoxy) is 2. The fourth-order valence-electron chi connectivity index (χ4n) is 2.50. The topological polar surface area (TPSA) is 54.9 Å². The third-order valence-corrected chi connectivity index (χ3v) is 4.19. The molecule has 0 bridgehead atoms. The number of thiocarbonyl (C=S) groups is 1. The average molecular weight is 389 g/mol. The van der Waals surface area contributed by atoms with Gasteiger partial charge in [0.05, 0.1) is 19.9 Å². The fourth-order valence-corrected chi connectivity index (χ4v) is 2.65. The van der Waals surface area contributed by atoms with E-state index in [2.05, 4.69) is 15.8 Å². The lowest BCUT2D eigenvalue weighted by molar-refractivity contribution is 0.354. The summed E-state index contributed by atoms with van der Waals surface area (Å²) in [6.45, 7) is 2.63. The number of hydrogen-bond acceptors (Lipinski definition) is 4. The molecule has 0 aliphatic heterocycles. The van der Waals surface area contributed by atoms with Crippen molar-refractivity contribution in [2.45, 2.75) is 19.8 Å². The number of halogens is 1. The van der Waals surface area contributed by atoms with E-state index in [9.17, 15) is 4.39 Å². The van der Waals surface area contributed by atoms with Gasteiger partial charge in [-0.3, -0.25) is 5.43 Å². The Bertz CT molecular complexity index is 794. The minimum Gasteiger partial charge on any atom is -0.493 e. The van der Waals surface area contributed by atoms with Gasteiger partial charge in [0, 0.05) is 6.54 Å². The lowest BCUT2D eigenvalue weighted by Crippen LogP contribution is -2.34. The zero-order chi connectivity index (χ0) is 19.6. The van der Waals surface area contributed by atoms with Gasteiger partial charge in [-0.15, -0.1) is 0 Å². The highest BCUT2D eigenvalue weighted by Gasteiger charge is 2.05. The molecule has 2 aromatic carbocycles. The Hall–Kier alpha value is -2.67. The summed E-state index contributed by atoms with van der Waals surface area (Å²) in [5.74, 6) is 1.13. The normalized spacial score (nSPS) is 11.0. The second kappa shape index (κ2) is 10.5. The van der Waals surface area contributed by atoms with Crippen molar-refractivity contribution in [2.75, 3.05) is 20.8 Å². The summed E-state index contributed by atoms with van der Waals surface area (Å²) in [4.78, 5) is 0. The number of methoxy groups -OCH3 is 2. The van der Waals surface area contributed by atoms with Crippen molar-refractivity contribution in [1.29, 1.82) is 0 Å². The van der Waals surface area contributed by atoms with E-state index in [1.54, 1.807) is 26.4 Å². The summed E-state index contributed by atoms with van der Waals surface area (Å²) in [7, 11) is 3.23. The smallest absolute Gasteiger partial charge is 0.186 e. The lowest BCUT2D eigenvalue weighted by atomic mass is 10.1. The molecule has 0 unspecified atom stereocenters. The second-order valence-corrected chi connectivity index (χ2v) is 6.13. The van der Waals surface area contributed by atoms with E-state index in [0.29, 0.717) is 29.6 Å². The molecular formula is C20H24FN3O2S. The average Bonchev–Trinajstić information content (AvgIpc) is 2.69. The minimum absolute atomic E-state index is 0.269. The number of nitrogens with zero attached hydrogens (tertiary/aromatic N) is 1. The van der Waals surface area contributed by atoms with E-state index < -0.39 is 0 Å². The molecule has 0 aliphatic carbocycles. The van der Waals surface area contributed by atoms with E-state index in [1.165, 1.54) is 12.1 Å². The van der Waals surface area contributed by atoms with Crippen LogP contribution in [0.4, 0.5) is 4.39 Å². The summed E-state index contributed by atoms with van der Waals surface area (Å²) < 4.78 is 23.6. The maximum atomic E-state index is 13.0. The van der Waals surface area contributed by atoms with Gasteiger partial charge >= 0.3 is 0 Å². The standard InChI is InChI=1S/C20H24FN3O2S/c1-4-17(15-6-8-16(21)9-7-15)23-24-20(27)22-12-11-14-5-10-18(25-2)19(13-14)26-3/h5-10,13H,4,11-12H2,1-3H3,(H2,22,24,27)/b23-17-. The van der Waals surface area contributed by atoms with Gasteiger partial charge in [0.2, 0.25) is 0 Å². The Morgan fingerprint density at radius 2 is 1.78 bits per heavy atom. The molecule has 2 aromatic rings. The highest BCUT2D eigenvalue weighted by atomic mass is 32.1. The molecule has 0 aliphatic rings. The second-order valence-electron chi connectivity index (χ2n) is 5.73. The van der Waals surface area contributed by atoms with Crippen LogP contribution >= 0.6 is 12.2 Å². The highest BCUT2D eigenvalue weighted by molar-refractivity contribution is 7.80. The molecule has 27 heavy (non-hydrogen) atoms. The van der Waals surface area contributed by atoms with Gasteiger partial charge in [0.15, 0.2) is 16.6 Å². The van der Waals surface area contributed by atoms with E-state index in [0.717, 1.165) is 23.3 Å². The van der Waals surface area contributed by atoms with Crippen molar-refractivity contribution in [3.8, 4) is 11.5 Å². The summed E-state index contributed by atoms with van der Waals surface area (Å²) in [5, 5.41) is 7.87. The van der Waals surface area contributed by atoms with Gasteiger partial charge in [-0.1, -0.05) is 25.1 Å². The molecule has 7 heteroatoms. The zero-order valence-corrected chi connectivity index (χ0v) is 16.5. The first-order valence-corrected chi connectivity index (χ1v) is 9.05. The van der Waals surface area contributed by atoms with Crippen molar-refractivity contribution in [3.63, 3.8) is 0 Å². The van der Waals surface area contributed by atoms with Gasteiger partial charge in [0.1, 0.15) is 5.82 Å². The van der Waals surface area contributed by atoms with Crippen molar-refractivity contribution in [2.24, 2.45) is 5.10 Å². The first kappa shape index (κ1) is 20.6. The number of hydrogen-bond donors (Lipinski definition) is 2. The first-order chi connectivity index (χ1) is 13.1. The lowest BCUT2D eigenvalue weighted by Gasteiger charge is -2.11. The Kier molecular flexibility index (Phi) is 8.00. The van der Waals surface area contributed by atoms with Crippen LogP contribution in [0.1, 0.15) is 24.5 Å². The molecule has 0 atom stereocenters. The Morgan fingerprint density at radius 1 is 1.07 bits per heavy atom. The Morgan fingerprint density at radius 3 is 2.41 bits per heavy atom. The predicted octanol–water partition coefficient (Wildman–Crippen LogP) is 3.66. The van der Waals surface area contributed by atoms with Crippen LogP contribution in [0, 0.1) is 5.82 Å². The molecule has 0 saturated carbocycles. The van der Waals surface area contributed by atoms with Crippen LogP contribution < -0.4 is 20.2 Å². The van der Waals surface area contributed by atoms with Gasteiger partial charge in [-0.2, -0.15) is 5.10 Å². The van der Waals surface area contributed by atoms with E-state index in [4.69, 9.17) is 21.7 Å². The minimum atomic E-state index is -0.269. The third kappa shape index (κ3) is 6.21. The molecule has 0 heterocycles. The largest absolute Gasteiger partial charge is 0.493 e. The van der Waals surface area contributed by atoms with Crippen LogP contribution in [-0.2, 0) is 6.42 Å². The maximum absolute atomic E-state index is 13.0. The SMILES string of the molecule is CC/C(=N/NC(=S)NCCc1ccc(OC)c(OC)c1)c1ccc(F)cc1. The zero-order valence-electron chi connectivity index (χ0n) is 15.7. The molecule has 0 aromatic heterocycles. The van der Waals surface area contributed by atoms with Crippen LogP contribution in [-0.4, -0.2) is 31.6 Å². The van der Waals surface area contributed by atoms with Gasteiger partial charge in [-0.05, 0) is 60.5 Å². The fraction of sp³-hybridized carbons (Fsp3) is 0.300. The van der Waals surface area contributed by atoms with E-state index in [-0.39, 0.29) is 5.82 Å². The number of nitrogens with one attached hydrogen (secondary N) is 2. The quantitative estimate of drug-likeness (QED) is 0.410. The van der Waals surface area contributed by atoms with Crippen LogP contribution in [0.25, 0.3) is 0 Å². The van der Waals surface area contributed by atoms with Gasteiger partial charge < -0.3 is 14.8 Å². The summed E-state index contributed by atoms with van der Waals surface area (Å²) in [6, 6.07) is 12.0. The van der Waals surface area contributed by atoms with Crippen molar-refractivity contribution in [1.82, 2.24) is 10.7 Å². The predicted molar refractivity (Wildman–Crippen MR) is 110 cm³/mol. The molecule has 5 nitrogen and oxygen atoms in total. The molecule has 0 radical (unpaired) electrons. The molecule has 0 amide bonds. The highest BCUT2D eigenvalue weighted by Crippen LogP contribution is 2.27. The molecule has 0 saturated heterocycles. The molecule has 0 fully saturated rings. The number of hydrazone groups is 1. The van der Waals surface area contributed by atoms with E-state index in [1.807, 2.05) is 25.1 Å². The molecule has 2 rings (SSSR count). The molecule has 0 spiro atoms. The Balaban J connectivity index is 1.86. The summed E-state index contributed by atoms with van der Waals surface area (Å²) in [5.41, 5.74) is 5.61. The van der Waals surface area contributed by atoms with Crippen molar-refractivity contribution >= 4 is 23.0 Å². The van der Waals surface area contributed by atoms with Crippen molar-refractivity contribution < 1.29 is 13.9 Å². The van der Waals surface area contributed by atoms with Crippen LogP contribution in [0.3, 0.4) is 0 Å².